The van der Waals surface area contributed by atoms with E-state index in [1.54, 1.807) is 0 Å². The summed E-state index contributed by atoms with van der Waals surface area (Å²) in [5, 5.41) is 4.01. The maximum atomic E-state index is 5.99. The Bertz CT molecular complexity index is 514. The summed E-state index contributed by atoms with van der Waals surface area (Å²) < 4.78 is 17.0. The van der Waals surface area contributed by atoms with E-state index >= 15 is 0 Å². The standard InChI is InChI=1S/C16H25N3O3/c1-12-17-15(22-18-12)16-5-9-21-14(16)2-6-19(11-16)10-13-3-7-20-8-4-13/h13-14H,2-11H2,1H3/t14-,16-/m1/s1. The minimum atomic E-state index is -0.0926. The lowest BCUT2D eigenvalue weighted by atomic mass is 9.76. The van der Waals surface area contributed by atoms with Crippen LogP contribution in [-0.4, -0.2) is 60.6 Å². The summed E-state index contributed by atoms with van der Waals surface area (Å²) >= 11 is 0. The average Bonchev–Trinajstić information content (AvgIpc) is 3.15. The van der Waals surface area contributed by atoms with Gasteiger partial charge < -0.3 is 18.9 Å². The fourth-order valence-corrected chi connectivity index (χ4v) is 4.28. The molecule has 22 heavy (non-hydrogen) atoms. The molecule has 3 aliphatic heterocycles. The maximum absolute atomic E-state index is 5.99. The van der Waals surface area contributed by atoms with Crippen molar-refractivity contribution in [3.05, 3.63) is 11.7 Å². The van der Waals surface area contributed by atoms with Gasteiger partial charge in [-0.05, 0) is 38.5 Å². The molecule has 0 aliphatic carbocycles. The van der Waals surface area contributed by atoms with E-state index in [0.29, 0.717) is 0 Å². The van der Waals surface area contributed by atoms with Gasteiger partial charge in [0.15, 0.2) is 5.82 Å². The summed E-state index contributed by atoms with van der Waals surface area (Å²) in [6.07, 6.45) is 4.65. The Hall–Kier alpha value is -0.980. The van der Waals surface area contributed by atoms with Gasteiger partial charge >= 0.3 is 0 Å². The largest absolute Gasteiger partial charge is 0.381 e. The average molecular weight is 307 g/mol. The Balaban J connectivity index is 1.51. The normalized spacial score (nSPS) is 34.0. The second-order valence-electron chi connectivity index (χ2n) is 6.99. The fraction of sp³-hybridized carbons (Fsp3) is 0.875. The summed E-state index contributed by atoms with van der Waals surface area (Å²) in [4.78, 5) is 7.13. The molecule has 122 valence electrons. The van der Waals surface area contributed by atoms with Gasteiger partial charge in [0.2, 0.25) is 5.89 Å². The molecule has 0 bridgehead atoms. The van der Waals surface area contributed by atoms with Gasteiger partial charge in [0.1, 0.15) is 0 Å². The molecule has 0 spiro atoms. The first-order valence-electron chi connectivity index (χ1n) is 8.49. The van der Waals surface area contributed by atoms with Crippen molar-refractivity contribution < 1.29 is 14.0 Å². The molecule has 4 rings (SSSR count). The van der Waals surface area contributed by atoms with E-state index < -0.39 is 0 Å². The molecular weight excluding hydrogens is 282 g/mol. The molecule has 0 aromatic carbocycles. The molecule has 3 fully saturated rings. The molecule has 0 radical (unpaired) electrons. The van der Waals surface area contributed by atoms with Gasteiger partial charge in [0.05, 0.1) is 11.5 Å². The first kappa shape index (κ1) is 14.6. The van der Waals surface area contributed by atoms with Crippen molar-refractivity contribution in [3.63, 3.8) is 0 Å². The van der Waals surface area contributed by atoms with Gasteiger partial charge in [-0.15, -0.1) is 0 Å². The van der Waals surface area contributed by atoms with Gasteiger partial charge in [-0.3, -0.25) is 0 Å². The van der Waals surface area contributed by atoms with Crippen LogP contribution in [0.2, 0.25) is 0 Å². The number of likely N-dealkylation sites (tertiary alicyclic amines) is 1. The van der Waals surface area contributed by atoms with E-state index in [9.17, 15) is 0 Å². The van der Waals surface area contributed by atoms with Gasteiger partial charge in [0.25, 0.3) is 0 Å². The Morgan fingerprint density at radius 2 is 2.09 bits per heavy atom. The Kier molecular flexibility index (Phi) is 3.92. The number of hydrogen-bond donors (Lipinski definition) is 0. The fourth-order valence-electron chi connectivity index (χ4n) is 4.28. The van der Waals surface area contributed by atoms with Crippen molar-refractivity contribution in [1.82, 2.24) is 15.0 Å². The van der Waals surface area contributed by atoms with Crippen LogP contribution in [-0.2, 0) is 14.9 Å². The molecule has 2 atom stereocenters. The Morgan fingerprint density at radius 3 is 2.86 bits per heavy atom. The van der Waals surface area contributed by atoms with Gasteiger partial charge in [-0.25, -0.2) is 0 Å². The number of ether oxygens (including phenoxy) is 2. The highest BCUT2D eigenvalue weighted by Crippen LogP contribution is 2.43. The molecule has 6 heteroatoms. The summed E-state index contributed by atoms with van der Waals surface area (Å²) in [5.41, 5.74) is -0.0926. The zero-order chi connectivity index (χ0) is 15.0. The maximum Gasteiger partial charge on any atom is 0.236 e. The summed E-state index contributed by atoms with van der Waals surface area (Å²) in [6.45, 7) is 7.77. The van der Waals surface area contributed by atoms with Crippen LogP contribution in [0.1, 0.15) is 37.4 Å². The zero-order valence-electron chi connectivity index (χ0n) is 13.3. The zero-order valence-corrected chi connectivity index (χ0v) is 13.3. The second kappa shape index (κ2) is 5.91. The van der Waals surface area contributed by atoms with Crippen LogP contribution in [0.15, 0.2) is 4.52 Å². The van der Waals surface area contributed by atoms with E-state index in [2.05, 4.69) is 15.0 Å². The minimum Gasteiger partial charge on any atom is -0.381 e. The molecule has 3 aliphatic rings. The first-order valence-corrected chi connectivity index (χ1v) is 8.49. The molecule has 0 amide bonds. The van der Waals surface area contributed by atoms with E-state index in [1.165, 1.54) is 12.8 Å². The van der Waals surface area contributed by atoms with E-state index in [-0.39, 0.29) is 11.5 Å². The lowest BCUT2D eigenvalue weighted by Crippen LogP contribution is -2.53. The molecule has 4 heterocycles. The van der Waals surface area contributed by atoms with Crippen LogP contribution in [0.25, 0.3) is 0 Å². The topological polar surface area (TPSA) is 60.6 Å². The van der Waals surface area contributed by atoms with Gasteiger partial charge in [-0.2, -0.15) is 4.98 Å². The van der Waals surface area contributed by atoms with Crippen LogP contribution in [0.5, 0.6) is 0 Å². The van der Waals surface area contributed by atoms with Crippen molar-refractivity contribution in [2.45, 2.75) is 44.1 Å². The van der Waals surface area contributed by atoms with Crippen molar-refractivity contribution in [1.29, 1.82) is 0 Å². The molecular formula is C16H25N3O3. The summed E-state index contributed by atoms with van der Waals surface area (Å²) in [6, 6.07) is 0. The summed E-state index contributed by atoms with van der Waals surface area (Å²) in [7, 11) is 0. The third-order valence-corrected chi connectivity index (χ3v) is 5.51. The molecule has 6 nitrogen and oxygen atoms in total. The van der Waals surface area contributed by atoms with Crippen LogP contribution in [0.4, 0.5) is 0 Å². The quantitative estimate of drug-likeness (QED) is 0.844. The van der Waals surface area contributed by atoms with Crippen LogP contribution >= 0.6 is 0 Å². The van der Waals surface area contributed by atoms with Crippen LogP contribution in [0.3, 0.4) is 0 Å². The van der Waals surface area contributed by atoms with Gasteiger partial charge in [-0.1, -0.05) is 5.16 Å². The lowest BCUT2D eigenvalue weighted by molar-refractivity contribution is -0.00756. The molecule has 0 unspecified atom stereocenters. The van der Waals surface area contributed by atoms with Crippen molar-refractivity contribution in [3.8, 4) is 0 Å². The second-order valence-corrected chi connectivity index (χ2v) is 6.99. The lowest BCUT2D eigenvalue weighted by Gasteiger charge is -2.42. The third kappa shape index (κ3) is 2.57. The predicted molar refractivity (Wildman–Crippen MR) is 79.7 cm³/mol. The van der Waals surface area contributed by atoms with E-state index in [1.807, 2.05) is 6.92 Å². The number of aromatic nitrogens is 2. The smallest absolute Gasteiger partial charge is 0.236 e. The molecule has 1 aromatic heterocycles. The molecule has 0 saturated carbocycles. The van der Waals surface area contributed by atoms with E-state index in [4.69, 9.17) is 14.0 Å². The SMILES string of the molecule is Cc1noc([C@@]23CCO[C@@H]2CCN(CC2CCOCC2)C3)n1. The summed E-state index contributed by atoms with van der Waals surface area (Å²) in [5.74, 6) is 2.26. The molecule has 0 N–H and O–H groups in total. The highest BCUT2D eigenvalue weighted by atomic mass is 16.5. The number of rotatable bonds is 3. The number of fused-ring (bicyclic) bond motifs is 1. The highest BCUT2D eigenvalue weighted by molar-refractivity contribution is 5.15. The molecule has 3 saturated heterocycles. The minimum absolute atomic E-state index is 0.0926. The number of nitrogens with zero attached hydrogens (tertiary/aromatic N) is 3. The third-order valence-electron chi connectivity index (χ3n) is 5.51. The Morgan fingerprint density at radius 1 is 1.23 bits per heavy atom. The number of aryl methyl sites for hydroxylation is 1. The molecule has 1 aromatic rings. The van der Waals surface area contributed by atoms with Crippen molar-refractivity contribution >= 4 is 0 Å². The van der Waals surface area contributed by atoms with Crippen LogP contribution < -0.4 is 0 Å². The van der Waals surface area contributed by atoms with Crippen molar-refractivity contribution in [2.24, 2.45) is 5.92 Å². The first-order chi connectivity index (χ1) is 10.8. The van der Waals surface area contributed by atoms with Crippen molar-refractivity contribution in [2.75, 3.05) is 39.5 Å². The highest BCUT2D eigenvalue weighted by Gasteiger charge is 2.52. The van der Waals surface area contributed by atoms with E-state index in [0.717, 1.165) is 69.9 Å². The number of piperidine rings is 1. The number of hydrogen-bond acceptors (Lipinski definition) is 6. The predicted octanol–water partition coefficient (Wildman–Crippen LogP) is 1.54. The monoisotopic (exact) mass is 307 g/mol. The van der Waals surface area contributed by atoms with Gasteiger partial charge in [0, 0.05) is 39.5 Å². The Labute approximate surface area is 131 Å². The van der Waals surface area contributed by atoms with Crippen LogP contribution in [0, 0.1) is 12.8 Å².